The van der Waals surface area contributed by atoms with Gasteiger partial charge in [0, 0.05) is 25.2 Å². The molecule has 0 fully saturated rings. The first kappa shape index (κ1) is 9.63. The van der Waals surface area contributed by atoms with Crippen LogP contribution in [0.25, 0.3) is 0 Å². The number of aromatic nitrogens is 1. The van der Waals surface area contributed by atoms with Gasteiger partial charge in [-0.15, -0.1) is 11.3 Å². The summed E-state index contributed by atoms with van der Waals surface area (Å²) in [7, 11) is -0.331. The fourth-order valence-electron chi connectivity index (χ4n) is 0.609. The third-order valence-corrected chi connectivity index (χ3v) is 4.40. The van der Waals surface area contributed by atoms with Crippen molar-refractivity contribution in [1.82, 2.24) is 9.29 Å². The van der Waals surface area contributed by atoms with Crippen molar-refractivity contribution in [2.75, 3.05) is 14.1 Å². The van der Waals surface area contributed by atoms with E-state index < -0.39 is 10.0 Å². The van der Waals surface area contributed by atoms with E-state index in [1.165, 1.54) is 25.4 Å². The van der Waals surface area contributed by atoms with Crippen molar-refractivity contribution >= 4 is 21.4 Å². The lowest BCUT2D eigenvalue weighted by molar-refractivity contribution is 0.520. The lowest BCUT2D eigenvalue weighted by atomic mass is 10.7. The van der Waals surface area contributed by atoms with Gasteiger partial charge in [-0.3, -0.25) is 0 Å². The summed E-state index contributed by atoms with van der Waals surface area (Å²) in [4.78, 5) is 4.70. The molecule has 0 spiro atoms. The summed E-state index contributed by atoms with van der Waals surface area (Å²) in [5, 5.41) is 0. The number of nitrogens with zero attached hydrogens (tertiary/aromatic N) is 2. The molecule has 12 heavy (non-hydrogen) atoms. The van der Waals surface area contributed by atoms with Gasteiger partial charge in [-0.05, 0) is 6.92 Å². The van der Waals surface area contributed by atoms with E-state index in [0.717, 1.165) is 9.18 Å². The topological polar surface area (TPSA) is 50.3 Å². The van der Waals surface area contributed by atoms with E-state index in [1.807, 2.05) is 6.92 Å². The molecular formula is C6H10N2O2S2. The Morgan fingerprint density at radius 1 is 1.50 bits per heavy atom. The van der Waals surface area contributed by atoms with Gasteiger partial charge in [0.15, 0.2) is 0 Å². The molecule has 6 heteroatoms. The third kappa shape index (κ3) is 1.65. The zero-order valence-corrected chi connectivity index (χ0v) is 8.74. The number of thiazole rings is 1. The molecule has 0 atom stereocenters. The first-order valence-corrected chi connectivity index (χ1v) is 5.55. The van der Waals surface area contributed by atoms with E-state index in [0.29, 0.717) is 0 Å². The second-order valence-corrected chi connectivity index (χ2v) is 6.08. The fourth-order valence-corrected chi connectivity index (χ4v) is 2.86. The van der Waals surface area contributed by atoms with Crippen LogP contribution in [0.3, 0.4) is 0 Å². The van der Waals surface area contributed by atoms with Gasteiger partial charge in [-0.1, -0.05) is 0 Å². The van der Waals surface area contributed by atoms with Crippen molar-refractivity contribution in [1.29, 1.82) is 0 Å². The monoisotopic (exact) mass is 206 g/mol. The zero-order valence-electron chi connectivity index (χ0n) is 7.10. The maximum atomic E-state index is 11.4. The van der Waals surface area contributed by atoms with Crippen LogP contribution >= 0.6 is 11.3 Å². The van der Waals surface area contributed by atoms with Crippen molar-refractivity contribution in [3.63, 3.8) is 0 Å². The quantitative estimate of drug-likeness (QED) is 0.715. The van der Waals surface area contributed by atoms with Gasteiger partial charge in [0.05, 0.1) is 0 Å². The summed E-state index contributed by atoms with van der Waals surface area (Å²) < 4.78 is 24.2. The van der Waals surface area contributed by atoms with E-state index >= 15 is 0 Å². The largest absolute Gasteiger partial charge is 0.269 e. The van der Waals surface area contributed by atoms with Crippen molar-refractivity contribution < 1.29 is 8.42 Å². The van der Waals surface area contributed by atoms with Crippen molar-refractivity contribution in [2.45, 2.75) is 11.3 Å². The van der Waals surface area contributed by atoms with Crippen molar-refractivity contribution in [3.8, 4) is 0 Å². The molecule has 68 valence electrons. The highest BCUT2D eigenvalue weighted by Crippen LogP contribution is 2.18. The molecule has 0 aliphatic heterocycles. The number of hydrogen-bond acceptors (Lipinski definition) is 4. The number of sulfonamides is 1. The van der Waals surface area contributed by atoms with Crippen LogP contribution < -0.4 is 0 Å². The minimum absolute atomic E-state index is 0.157. The summed E-state index contributed by atoms with van der Waals surface area (Å²) in [6.45, 7) is 1.83. The molecule has 0 unspecified atom stereocenters. The minimum Gasteiger partial charge on any atom is -0.232 e. The standard InChI is InChI=1S/C6H10N2O2S2/c1-5-4-7-6(11-5)12(9,10)8(2)3/h4H,1-3H3. The number of hydrogen-bond donors (Lipinski definition) is 0. The molecule has 0 aliphatic carbocycles. The van der Waals surface area contributed by atoms with Crippen LogP contribution in [0.15, 0.2) is 10.5 Å². The first-order valence-electron chi connectivity index (χ1n) is 3.29. The van der Waals surface area contributed by atoms with Gasteiger partial charge in [0.25, 0.3) is 10.0 Å². The van der Waals surface area contributed by atoms with Crippen LogP contribution in [0.1, 0.15) is 4.88 Å². The van der Waals surface area contributed by atoms with Gasteiger partial charge in [0.1, 0.15) is 0 Å². The molecule has 4 nitrogen and oxygen atoms in total. The Morgan fingerprint density at radius 3 is 2.42 bits per heavy atom. The molecule has 0 N–H and O–H groups in total. The minimum atomic E-state index is -3.32. The molecule has 0 saturated carbocycles. The average Bonchev–Trinajstić information content (AvgIpc) is 2.35. The second-order valence-electron chi connectivity index (χ2n) is 2.52. The Bertz CT molecular complexity index is 367. The molecule has 0 aliphatic rings. The molecule has 0 radical (unpaired) electrons. The Balaban J connectivity index is 3.15. The number of rotatable bonds is 2. The molecule has 1 rings (SSSR count). The van der Waals surface area contributed by atoms with Gasteiger partial charge >= 0.3 is 0 Å². The fraction of sp³-hybridized carbons (Fsp3) is 0.500. The normalized spacial score (nSPS) is 12.3. The third-order valence-electron chi connectivity index (χ3n) is 1.30. The highest BCUT2D eigenvalue weighted by Gasteiger charge is 2.20. The molecule has 0 aromatic carbocycles. The Labute approximate surface area is 75.9 Å². The Hall–Kier alpha value is -0.460. The maximum absolute atomic E-state index is 11.4. The summed E-state index contributed by atoms with van der Waals surface area (Å²) >= 11 is 1.18. The maximum Gasteiger partial charge on any atom is 0.269 e. The van der Waals surface area contributed by atoms with Crippen LogP contribution in [0, 0.1) is 6.92 Å². The van der Waals surface area contributed by atoms with Gasteiger partial charge in [-0.25, -0.2) is 17.7 Å². The second kappa shape index (κ2) is 3.12. The van der Waals surface area contributed by atoms with Crippen LogP contribution in [0.4, 0.5) is 0 Å². The lowest BCUT2D eigenvalue weighted by Crippen LogP contribution is -2.21. The van der Waals surface area contributed by atoms with Crippen LogP contribution in [0.5, 0.6) is 0 Å². The lowest BCUT2D eigenvalue weighted by Gasteiger charge is -2.06. The van der Waals surface area contributed by atoms with Gasteiger partial charge in [0.2, 0.25) is 4.34 Å². The number of aryl methyl sites for hydroxylation is 1. The van der Waals surface area contributed by atoms with E-state index in [4.69, 9.17) is 0 Å². The molecule has 0 amide bonds. The van der Waals surface area contributed by atoms with Gasteiger partial charge in [-0.2, -0.15) is 0 Å². The molecular weight excluding hydrogens is 196 g/mol. The van der Waals surface area contributed by atoms with Crippen molar-refractivity contribution in [2.24, 2.45) is 0 Å². The van der Waals surface area contributed by atoms with E-state index in [2.05, 4.69) is 4.98 Å². The van der Waals surface area contributed by atoms with E-state index in [-0.39, 0.29) is 4.34 Å². The zero-order chi connectivity index (χ0) is 9.35. The van der Waals surface area contributed by atoms with Crippen LogP contribution in [-0.2, 0) is 10.0 Å². The average molecular weight is 206 g/mol. The summed E-state index contributed by atoms with van der Waals surface area (Å²) in [5.74, 6) is 0. The highest BCUT2D eigenvalue weighted by molar-refractivity contribution is 7.91. The summed E-state index contributed by atoms with van der Waals surface area (Å²) in [5.41, 5.74) is 0. The molecule has 1 aromatic rings. The van der Waals surface area contributed by atoms with E-state index in [9.17, 15) is 8.42 Å². The SMILES string of the molecule is Cc1cnc(S(=O)(=O)N(C)C)s1. The predicted molar refractivity (Wildman–Crippen MR) is 47.7 cm³/mol. The molecule has 0 bridgehead atoms. The first-order chi connectivity index (χ1) is 5.44. The molecule has 1 aromatic heterocycles. The Morgan fingerprint density at radius 2 is 2.08 bits per heavy atom. The van der Waals surface area contributed by atoms with Crippen molar-refractivity contribution in [3.05, 3.63) is 11.1 Å². The van der Waals surface area contributed by atoms with Crippen LogP contribution in [0.2, 0.25) is 0 Å². The van der Waals surface area contributed by atoms with E-state index in [1.54, 1.807) is 6.20 Å². The predicted octanol–water partition coefficient (Wildman–Crippen LogP) is 0.702. The summed E-state index contributed by atoms with van der Waals surface area (Å²) in [6.07, 6.45) is 1.56. The van der Waals surface area contributed by atoms with Gasteiger partial charge < -0.3 is 0 Å². The summed E-state index contributed by atoms with van der Waals surface area (Å²) in [6, 6.07) is 0. The van der Waals surface area contributed by atoms with Crippen LogP contribution in [-0.4, -0.2) is 31.8 Å². The molecule has 1 heterocycles. The Kier molecular flexibility index (Phi) is 2.50. The smallest absolute Gasteiger partial charge is 0.232 e. The molecule has 0 saturated heterocycles. The highest BCUT2D eigenvalue weighted by atomic mass is 32.2.